The van der Waals surface area contributed by atoms with Gasteiger partial charge in [0.05, 0.1) is 25.9 Å². The second-order valence-electron chi connectivity index (χ2n) is 10.1. The highest BCUT2D eigenvalue weighted by molar-refractivity contribution is 8.44. The number of ether oxygens (including phenoxy) is 2. The average Bonchev–Trinajstić information content (AvgIpc) is 3.72. The fourth-order valence-electron chi connectivity index (χ4n) is 5.26. The number of halogens is 1. The zero-order valence-corrected chi connectivity index (χ0v) is 25.9. The fraction of sp³-hybridized carbons (Fsp3) is 0.500. The van der Waals surface area contributed by atoms with Gasteiger partial charge in [0, 0.05) is 0 Å². The van der Waals surface area contributed by atoms with Gasteiger partial charge in [0.2, 0.25) is 5.95 Å². The number of anilines is 2. The number of aromatic amines is 1. The molecule has 0 spiro atoms. The first-order valence-electron chi connectivity index (χ1n) is 12.9. The Labute approximate surface area is 260 Å². The number of imidazole rings is 2. The van der Waals surface area contributed by atoms with Crippen LogP contribution < -0.4 is 17.0 Å². The minimum atomic E-state index is -4.42. The van der Waals surface area contributed by atoms with Crippen molar-refractivity contribution in [2.45, 2.75) is 49.1 Å². The maximum Gasteiger partial charge on any atom is 0.386 e. The Kier molecular flexibility index (Phi) is 7.72. The van der Waals surface area contributed by atoms with Gasteiger partial charge in [-0.25, -0.2) is 33.5 Å². The van der Waals surface area contributed by atoms with Crippen LogP contribution in [0.4, 0.5) is 16.2 Å². The van der Waals surface area contributed by atoms with Crippen LogP contribution in [0.2, 0.25) is 0 Å². The lowest BCUT2D eigenvalue weighted by Crippen LogP contribution is -2.35. The third kappa shape index (κ3) is 5.54. The number of aromatic nitrogens is 8. The van der Waals surface area contributed by atoms with Crippen LogP contribution in [0.5, 0.6) is 0 Å². The number of hydrogen-bond donors (Lipinski definition) is 6. The molecule has 3 fully saturated rings. The fourth-order valence-corrected chi connectivity index (χ4v) is 8.20. The van der Waals surface area contributed by atoms with E-state index < -0.39 is 81.5 Å². The highest BCUT2D eigenvalue weighted by Crippen LogP contribution is 2.60. The number of rotatable bonds is 2. The standard InChI is InChI=1S/C20H23FN10O10P2S2/c21-8-12-7(39-18(8)30-4-26-9-14(22)24-3-25-15(9)30)2-37-43(35,45)41-13-11(32)6(1-36-42(34,44)40-12)38-19(13)31-5-27-10-16(31)28-20(23)29-17(10)33/h3-8,11-13,18-19,32H,1-2H2,(H,34,44)(H,35,45)(H2,22,24,25)(H3,23,28,29,33)/t6-,7-,8+,11-,12-,13-,18-,19-,42-,43-/m1/s1. The number of fused-ring (bicyclic) bond motifs is 5. The number of aliphatic hydroxyl groups excluding tert-OH is 1. The van der Waals surface area contributed by atoms with Gasteiger partial charge in [0.25, 0.3) is 5.56 Å². The SMILES string of the molecule is Nc1nc2c(ncn2[C@@H]2O[C@@H]3CO[P@@](=O)(S)O[C@H]4[C@H](F)[C@H](n5cnc6c(N)ncnc65)O[C@@H]4CO[P@@](=O)(S)O[C@@H]2[C@@H]3O)c(=O)[nH]1. The molecule has 242 valence electrons. The van der Waals surface area contributed by atoms with E-state index in [2.05, 4.69) is 54.4 Å². The summed E-state index contributed by atoms with van der Waals surface area (Å²) in [4.78, 5) is 34.7. The van der Waals surface area contributed by atoms with Crippen molar-refractivity contribution in [3.8, 4) is 0 Å². The number of nitrogen functional groups attached to an aromatic ring is 2. The van der Waals surface area contributed by atoms with Gasteiger partial charge >= 0.3 is 13.6 Å². The molecule has 0 aliphatic carbocycles. The number of nitrogens with one attached hydrogen (secondary N) is 1. The number of aliphatic hydroxyl groups is 1. The van der Waals surface area contributed by atoms with E-state index in [4.69, 9.17) is 39.0 Å². The second-order valence-corrected chi connectivity index (χ2v) is 15.8. The third-order valence-corrected chi connectivity index (χ3v) is 10.5. The number of H-pyrrole nitrogens is 1. The lowest BCUT2D eigenvalue weighted by molar-refractivity contribution is -0.0568. The summed E-state index contributed by atoms with van der Waals surface area (Å²) in [5.41, 5.74) is 11.0. The first-order valence-corrected chi connectivity index (χ1v) is 18.3. The first kappa shape index (κ1) is 30.9. The molecule has 3 aliphatic heterocycles. The Balaban J connectivity index is 1.21. The summed E-state index contributed by atoms with van der Waals surface area (Å²) in [5.74, 6) is -0.193. The normalized spacial score (nSPS) is 37.7. The van der Waals surface area contributed by atoms with Crippen molar-refractivity contribution in [2.75, 3.05) is 24.7 Å². The average molecular weight is 709 g/mol. The van der Waals surface area contributed by atoms with E-state index >= 15 is 4.39 Å². The maximum absolute atomic E-state index is 16.0. The van der Waals surface area contributed by atoms with Crippen LogP contribution in [0.25, 0.3) is 22.3 Å². The van der Waals surface area contributed by atoms with Crippen LogP contribution in [0.3, 0.4) is 0 Å². The summed E-state index contributed by atoms with van der Waals surface area (Å²) in [5, 5.41) is 11.1. The Bertz CT molecular complexity index is 1950. The molecule has 3 saturated heterocycles. The molecule has 25 heteroatoms. The van der Waals surface area contributed by atoms with Crippen molar-refractivity contribution in [1.82, 2.24) is 39.0 Å². The number of nitrogens with zero attached hydrogens (tertiary/aromatic N) is 7. The zero-order valence-electron chi connectivity index (χ0n) is 22.3. The summed E-state index contributed by atoms with van der Waals surface area (Å²) in [7, 11) is 0. The minimum absolute atomic E-state index is 0.0443. The van der Waals surface area contributed by atoms with Gasteiger partial charge in [-0.15, -0.1) is 0 Å². The Morgan fingerprint density at radius 1 is 0.911 bits per heavy atom. The van der Waals surface area contributed by atoms with Crippen molar-refractivity contribution in [2.24, 2.45) is 0 Å². The van der Waals surface area contributed by atoms with Crippen LogP contribution in [0, 0.1) is 0 Å². The molecule has 45 heavy (non-hydrogen) atoms. The van der Waals surface area contributed by atoms with E-state index in [9.17, 15) is 19.0 Å². The number of hydrogen-bond acceptors (Lipinski definition) is 17. The molecule has 0 saturated carbocycles. The van der Waals surface area contributed by atoms with Crippen LogP contribution in [-0.2, 0) is 36.7 Å². The predicted octanol–water partition coefficient (Wildman–Crippen LogP) is 0.511. The summed E-state index contributed by atoms with van der Waals surface area (Å²) < 4.78 is 79.0. The van der Waals surface area contributed by atoms with Gasteiger partial charge < -0.3 is 26.0 Å². The molecular formula is C20H23FN10O10P2S2. The molecule has 4 aromatic heterocycles. The number of thiol groups is 2. The molecule has 3 aliphatic rings. The molecule has 2 bridgehead atoms. The van der Waals surface area contributed by atoms with E-state index in [-0.39, 0.29) is 34.1 Å². The second kappa shape index (κ2) is 11.2. The lowest BCUT2D eigenvalue weighted by atomic mass is 10.1. The molecule has 7 rings (SSSR count). The zero-order chi connectivity index (χ0) is 31.8. The topological polar surface area (TPSA) is 269 Å². The summed E-state index contributed by atoms with van der Waals surface area (Å²) in [6.45, 7) is -10.1. The quantitative estimate of drug-likeness (QED) is 0.122. The molecule has 0 radical (unpaired) electrons. The van der Waals surface area contributed by atoms with E-state index in [0.717, 1.165) is 6.33 Å². The van der Waals surface area contributed by atoms with E-state index in [1.165, 1.54) is 21.8 Å². The third-order valence-electron chi connectivity index (χ3n) is 7.28. The Morgan fingerprint density at radius 3 is 2.27 bits per heavy atom. The first-order chi connectivity index (χ1) is 21.3. The smallest absolute Gasteiger partial charge is 0.386 e. The van der Waals surface area contributed by atoms with Crippen LogP contribution in [0.15, 0.2) is 23.8 Å². The molecule has 0 aromatic carbocycles. The van der Waals surface area contributed by atoms with E-state index in [1.54, 1.807) is 0 Å². The number of alkyl halides is 1. The molecule has 4 aromatic rings. The molecule has 0 amide bonds. The number of nitrogens with two attached hydrogens (primary N) is 2. The van der Waals surface area contributed by atoms with Crippen LogP contribution in [-0.4, -0.2) is 94.0 Å². The van der Waals surface area contributed by atoms with Gasteiger partial charge in [0.15, 0.2) is 41.3 Å². The van der Waals surface area contributed by atoms with E-state index in [0.29, 0.717) is 0 Å². The minimum Gasteiger partial charge on any atom is -0.387 e. The van der Waals surface area contributed by atoms with Crippen LogP contribution in [0.1, 0.15) is 12.5 Å². The van der Waals surface area contributed by atoms with Crippen molar-refractivity contribution >= 4 is 72.2 Å². The molecule has 0 unspecified atom stereocenters. The van der Waals surface area contributed by atoms with Gasteiger partial charge in [-0.2, -0.15) is 4.98 Å². The predicted molar refractivity (Wildman–Crippen MR) is 156 cm³/mol. The van der Waals surface area contributed by atoms with Gasteiger partial charge in [-0.3, -0.25) is 37.0 Å². The monoisotopic (exact) mass is 708 g/mol. The highest BCUT2D eigenvalue weighted by Gasteiger charge is 2.54. The van der Waals surface area contributed by atoms with Crippen molar-refractivity contribution in [3.05, 3.63) is 29.3 Å². The van der Waals surface area contributed by atoms with Crippen LogP contribution >= 0.6 is 38.1 Å². The molecule has 20 nitrogen and oxygen atoms in total. The summed E-state index contributed by atoms with van der Waals surface area (Å²) >= 11 is 8.03. The van der Waals surface area contributed by atoms with E-state index in [1.807, 2.05) is 0 Å². The molecule has 10 atom stereocenters. The Hall–Kier alpha value is -2.69. The highest BCUT2D eigenvalue weighted by atomic mass is 32.7. The Morgan fingerprint density at radius 2 is 1.53 bits per heavy atom. The molecule has 6 N–H and O–H groups in total. The lowest BCUT2D eigenvalue weighted by Gasteiger charge is -2.26. The van der Waals surface area contributed by atoms with Gasteiger partial charge in [-0.05, 0) is 0 Å². The summed E-state index contributed by atoms with van der Waals surface area (Å²) in [6.07, 6.45) is -8.75. The van der Waals surface area contributed by atoms with Crippen molar-refractivity contribution < 1.29 is 46.2 Å². The van der Waals surface area contributed by atoms with Crippen molar-refractivity contribution in [3.63, 3.8) is 0 Å². The molecule has 7 heterocycles. The van der Waals surface area contributed by atoms with Gasteiger partial charge in [-0.1, -0.05) is 24.5 Å². The molecular weight excluding hydrogens is 685 g/mol. The summed E-state index contributed by atoms with van der Waals surface area (Å²) in [6, 6.07) is 0. The van der Waals surface area contributed by atoms with Gasteiger partial charge in [0.1, 0.15) is 42.4 Å². The maximum atomic E-state index is 16.0. The van der Waals surface area contributed by atoms with Crippen molar-refractivity contribution in [1.29, 1.82) is 0 Å². The largest absolute Gasteiger partial charge is 0.387 e.